The second-order valence-electron chi connectivity index (χ2n) is 7.10. The van der Waals surface area contributed by atoms with Crippen LogP contribution < -0.4 is 0 Å². The van der Waals surface area contributed by atoms with Crippen LogP contribution in [0, 0.1) is 0 Å². The number of ether oxygens (including phenoxy) is 2. The van der Waals surface area contributed by atoms with Crippen molar-refractivity contribution >= 4 is 0 Å². The number of hydrogen-bond donors (Lipinski definition) is 1. The van der Waals surface area contributed by atoms with Gasteiger partial charge in [0, 0.05) is 43.1 Å². The zero-order valence-electron chi connectivity index (χ0n) is 13.4. The zero-order valence-corrected chi connectivity index (χ0v) is 13.4. The fourth-order valence-corrected chi connectivity index (χ4v) is 3.19. The van der Waals surface area contributed by atoms with Crippen LogP contribution in [-0.4, -0.2) is 53.9 Å². The van der Waals surface area contributed by atoms with Crippen molar-refractivity contribution in [2.75, 3.05) is 33.0 Å². The lowest BCUT2D eigenvalue weighted by molar-refractivity contribution is -0.0589. The van der Waals surface area contributed by atoms with Crippen LogP contribution in [0.25, 0.3) is 0 Å². The number of aromatic nitrogens is 2. The molecule has 1 aromatic rings. The van der Waals surface area contributed by atoms with Gasteiger partial charge in [-0.2, -0.15) is 0 Å². The minimum atomic E-state index is 0.101. The van der Waals surface area contributed by atoms with Crippen molar-refractivity contribution in [1.29, 1.82) is 0 Å². The fourth-order valence-electron chi connectivity index (χ4n) is 3.19. The number of nitrogens with zero attached hydrogens (tertiary/aromatic N) is 2. The van der Waals surface area contributed by atoms with Gasteiger partial charge in [0.15, 0.2) is 0 Å². The molecule has 0 aromatic carbocycles. The molecule has 2 fully saturated rings. The van der Waals surface area contributed by atoms with E-state index in [-0.39, 0.29) is 11.5 Å². The quantitative estimate of drug-likeness (QED) is 0.908. The molecular weight excluding hydrogens is 266 g/mol. The number of imidazole rings is 1. The number of rotatable bonds is 2. The van der Waals surface area contributed by atoms with E-state index in [1.807, 2.05) is 6.20 Å². The van der Waals surface area contributed by atoms with Crippen molar-refractivity contribution in [3.63, 3.8) is 0 Å². The Kier molecular flexibility index (Phi) is 4.33. The molecule has 0 spiro atoms. The summed E-state index contributed by atoms with van der Waals surface area (Å²) in [5, 5.41) is 0. The molecule has 3 heterocycles. The van der Waals surface area contributed by atoms with E-state index in [2.05, 4.69) is 35.6 Å². The summed E-state index contributed by atoms with van der Waals surface area (Å²) in [4.78, 5) is 10.7. The molecule has 1 N–H and O–H groups in total. The standard InChI is InChI=1S/C16H27N3O2/c1-16(2,3)14-10-17-15(18-14)13-11-21-9-6-19(13)12-4-7-20-8-5-12/h10,12-13H,4-9,11H2,1-3H3,(H,17,18)/t13-/m0/s1. The second kappa shape index (κ2) is 6.07. The second-order valence-corrected chi connectivity index (χ2v) is 7.10. The van der Waals surface area contributed by atoms with E-state index in [0.29, 0.717) is 6.04 Å². The van der Waals surface area contributed by atoms with Crippen LogP contribution in [0.3, 0.4) is 0 Å². The molecule has 0 aliphatic carbocycles. The highest BCUT2D eigenvalue weighted by molar-refractivity contribution is 5.14. The normalized spacial score (nSPS) is 26.1. The Morgan fingerprint density at radius 2 is 1.95 bits per heavy atom. The SMILES string of the molecule is CC(C)(C)c1cnc([C@@H]2COCCN2C2CCOCC2)[nH]1. The topological polar surface area (TPSA) is 50.4 Å². The molecule has 0 bridgehead atoms. The Morgan fingerprint density at radius 3 is 2.62 bits per heavy atom. The number of aromatic amines is 1. The van der Waals surface area contributed by atoms with Crippen LogP contribution in [0.4, 0.5) is 0 Å². The van der Waals surface area contributed by atoms with Gasteiger partial charge in [-0.25, -0.2) is 4.98 Å². The third-order valence-electron chi connectivity index (χ3n) is 4.55. The van der Waals surface area contributed by atoms with E-state index >= 15 is 0 Å². The maximum absolute atomic E-state index is 5.72. The molecule has 1 atom stereocenters. The van der Waals surface area contributed by atoms with Crippen LogP contribution in [-0.2, 0) is 14.9 Å². The van der Waals surface area contributed by atoms with Crippen molar-refractivity contribution in [3.05, 3.63) is 17.7 Å². The lowest BCUT2D eigenvalue weighted by Gasteiger charge is -2.41. The highest BCUT2D eigenvalue weighted by atomic mass is 16.5. The van der Waals surface area contributed by atoms with Crippen molar-refractivity contribution in [3.8, 4) is 0 Å². The molecule has 2 saturated heterocycles. The molecule has 0 amide bonds. The summed E-state index contributed by atoms with van der Waals surface area (Å²) in [7, 11) is 0. The molecule has 5 heteroatoms. The van der Waals surface area contributed by atoms with Gasteiger partial charge in [-0.15, -0.1) is 0 Å². The van der Waals surface area contributed by atoms with Gasteiger partial charge in [-0.3, -0.25) is 4.90 Å². The van der Waals surface area contributed by atoms with Gasteiger partial charge >= 0.3 is 0 Å². The Bertz CT molecular complexity index is 460. The molecule has 2 aliphatic heterocycles. The number of nitrogens with one attached hydrogen (secondary N) is 1. The van der Waals surface area contributed by atoms with E-state index in [0.717, 1.165) is 51.6 Å². The minimum absolute atomic E-state index is 0.101. The van der Waals surface area contributed by atoms with Crippen molar-refractivity contribution < 1.29 is 9.47 Å². The molecule has 5 nitrogen and oxygen atoms in total. The Morgan fingerprint density at radius 1 is 1.19 bits per heavy atom. The monoisotopic (exact) mass is 293 g/mol. The average molecular weight is 293 g/mol. The summed E-state index contributed by atoms with van der Waals surface area (Å²) in [5.41, 5.74) is 1.29. The molecular formula is C16H27N3O2. The van der Waals surface area contributed by atoms with E-state index in [4.69, 9.17) is 9.47 Å². The summed E-state index contributed by atoms with van der Waals surface area (Å²) < 4.78 is 11.2. The van der Waals surface area contributed by atoms with Gasteiger partial charge in [-0.05, 0) is 12.8 Å². The van der Waals surface area contributed by atoms with Crippen molar-refractivity contribution in [2.24, 2.45) is 0 Å². The van der Waals surface area contributed by atoms with Gasteiger partial charge in [0.2, 0.25) is 0 Å². The molecule has 3 rings (SSSR count). The summed E-state index contributed by atoms with van der Waals surface area (Å²) in [5.74, 6) is 1.05. The number of hydrogen-bond acceptors (Lipinski definition) is 4. The Hall–Kier alpha value is -0.910. The Labute approximate surface area is 127 Å². The molecule has 0 saturated carbocycles. The highest BCUT2D eigenvalue weighted by Gasteiger charge is 2.33. The number of H-pyrrole nitrogens is 1. The predicted molar refractivity (Wildman–Crippen MR) is 81.4 cm³/mol. The fraction of sp³-hybridized carbons (Fsp3) is 0.812. The van der Waals surface area contributed by atoms with E-state index < -0.39 is 0 Å². The molecule has 118 valence electrons. The zero-order chi connectivity index (χ0) is 14.9. The average Bonchev–Trinajstić information content (AvgIpc) is 2.98. The third-order valence-corrected chi connectivity index (χ3v) is 4.55. The van der Waals surface area contributed by atoms with Crippen LogP contribution in [0.15, 0.2) is 6.20 Å². The van der Waals surface area contributed by atoms with E-state index in [9.17, 15) is 0 Å². The Balaban J connectivity index is 1.78. The largest absolute Gasteiger partial charge is 0.381 e. The van der Waals surface area contributed by atoms with Crippen LogP contribution in [0.1, 0.15) is 51.2 Å². The van der Waals surface area contributed by atoms with E-state index in [1.165, 1.54) is 5.69 Å². The highest BCUT2D eigenvalue weighted by Crippen LogP contribution is 2.29. The van der Waals surface area contributed by atoms with Crippen LogP contribution in [0.5, 0.6) is 0 Å². The molecule has 0 unspecified atom stereocenters. The van der Waals surface area contributed by atoms with Gasteiger partial charge < -0.3 is 14.5 Å². The summed E-state index contributed by atoms with van der Waals surface area (Å²) in [6.45, 7) is 10.9. The first-order chi connectivity index (χ1) is 10.1. The first kappa shape index (κ1) is 15.0. The predicted octanol–water partition coefficient (Wildman–Crippen LogP) is 2.26. The van der Waals surface area contributed by atoms with Gasteiger partial charge in [0.05, 0.1) is 19.3 Å². The lowest BCUT2D eigenvalue weighted by atomic mass is 9.93. The summed E-state index contributed by atoms with van der Waals surface area (Å²) >= 11 is 0. The maximum Gasteiger partial charge on any atom is 0.126 e. The summed E-state index contributed by atoms with van der Waals surface area (Å²) in [6.07, 6.45) is 4.21. The first-order valence-corrected chi connectivity index (χ1v) is 8.02. The van der Waals surface area contributed by atoms with Crippen LogP contribution >= 0.6 is 0 Å². The molecule has 2 aliphatic rings. The van der Waals surface area contributed by atoms with E-state index in [1.54, 1.807) is 0 Å². The molecule has 1 aromatic heterocycles. The molecule has 0 radical (unpaired) electrons. The van der Waals surface area contributed by atoms with Gasteiger partial charge in [0.1, 0.15) is 5.82 Å². The lowest BCUT2D eigenvalue weighted by Crippen LogP contribution is -2.48. The number of morpholine rings is 1. The van der Waals surface area contributed by atoms with Crippen LogP contribution in [0.2, 0.25) is 0 Å². The smallest absolute Gasteiger partial charge is 0.126 e. The molecule has 21 heavy (non-hydrogen) atoms. The summed E-state index contributed by atoms with van der Waals surface area (Å²) in [6, 6.07) is 0.841. The van der Waals surface area contributed by atoms with Crippen molar-refractivity contribution in [2.45, 2.75) is 51.1 Å². The van der Waals surface area contributed by atoms with Gasteiger partial charge in [-0.1, -0.05) is 20.8 Å². The maximum atomic E-state index is 5.72. The van der Waals surface area contributed by atoms with Crippen molar-refractivity contribution in [1.82, 2.24) is 14.9 Å². The van der Waals surface area contributed by atoms with Gasteiger partial charge in [0.25, 0.3) is 0 Å². The minimum Gasteiger partial charge on any atom is -0.381 e. The first-order valence-electron chi connectivity index (χ1n) is 8.02. The third kappa shape index (κ3) is 3.30.